The second kappa shape index (κ2) is 6.05. The van der Waals surface area contributed by atoms with Crippen LogP contribution in [0.15, 0.2) is 18.2 Å². The van der Waals surface area contributed by atoms with Crippen molar-refractivity contribution in [2.45, 2.75) is 13.8 Å². The van der Waals surface area contributed by atoms with Crippen LogP contribution in [0.3, 0.4) is 0 Å². The lowest BCUT2D eigenvalue weighted by atomic mass is 10.2. The second-order valence-electron chi connectivity index (χ2n) is 4.32. The molecule has 2 aromatic rings. The van der Waals surface area contributed by atoms with E-state index in [4.69, 9.17) is 34.8 Å². The molecule has 0 fully saturated rings. The number of benzene rings is 1. The number of hydrogen-bond acceptors (Lipinski definition) is 3. The van der Waals surface area contributed by atoms with Gasteiger partial charge in [0.25, 0.3) is 5.91 Å². The van der Waals surface area contributed by atoms with Gasteiger partial charge in [-0.1, -0.05) is 40.9 Å². The van der Waals surface area contributed by atoms with Gasteiger partial charge in [0.05, 0.1) is 10.7 Å². The summed E-state index contributed by atoms with van der Waals surface area (Å²) in [5.41, 5.74) is 1.23. The smallest absolute Gasteiger partial charge is 0.277 e. The Balaban J connectivity index is 2.33. The molecule has 0 radical (unpaired) electrons. The van der Waals surface area contributed by atoms with Crippen molar-refractivity contribution in [2.24, 2.45) is 0 Å². The number of aromatic nitrogens is 2. The Morgan fingerprint density at radius 2 is 1.90 bits per heavy atom. The van der Waals surface area contributed by atoms with E-state index in [1.807, 2.05) is 6.92 Å². The first kappa shape index (κ1) is 15.8. The van der Waals surface area contributed by atoms with Crippen molar-refractivity contribution in [2.75, 3.05) is 5.32 Å². The molecule has 8 heteroatoms. The lowest BCUT2D eigenvalue weighted by Gasteiger charge is -2.06. The Bertz CT molecular complexity index is 741. The molecule has 0 unspecified atom stereocenters. The molecule has 0 spiro atoms. The van der Waals surface area contributed by atoms with Gasteiger partial charge in [0.15, 0.2) is 10.8 Å². The Morgan fingerprint density at radius 3 is 2.43 bits per heavy atom. The topological polar surface area (TPSA) is 64.0 Å². The molecule has 1 aromatic carbocycles. The largest absolute Gasteiger partial charge is 0.319 e. The molecule has 0 atom stereocenters. The minimum absolute atomic E-state index is 0.0902. The number of anilines is 1. The van der Waals surface area contributed by atoms with Gasteiger partial charge >= 0.3 is 0 Å². The lowest BCUT2D eigenvalue weighted by Crippen LogP contribution is -2.15. The summed E-state index contributed by atoms with van der Waals surface area (Å²) in [6.07, 6.45) is 0. The highest BCUT2D eigenvalue weighted by Gasteiger charge is 2.22. The Morgan fingerprint density at radius 1 is 1.24 bits per heavy atom. The van der Waals surface area contributed by atoms with Crippen LogP contribution in [-0.2, 0) is 0 Å². The third kappa shape index (κ3) is 3.20. The highest BCUT2D eigenvalue weighted by atomic mass is 35.5. The van der Waals surface area contributed by atoms with E-state index in [2.05, 4.69) is 10.4 Å². The molecule has 21 heavy (non-hydrogen) atoms. The third-order valence-electron chi connectivity index (χ3n) is 2.66. The van der Waals surface area contributed by atoms with Gasteiger partial charge in [-0.3, -0.25) is 9.59 Å². The molecule has 110 valence electrons. The van der Waals surface area contributed by atoms with Crippen LogP contribution in [0.4, 0.5) is 5.69 Å². The quantitative estimate of drug-likeness (QED) is 0.891. The zero-order valence-electron chi connectivity index (χ0n) is 11.1. The fourth-order valence-corrected chi connectivity index (χ4v) is 2.37. The van der Waals surface area contributed by atoms with E-state index in [1.165, 1.54) is 6.92 Å². The standard InChI is InChI=1S/C13H10Cl3N3O2/c1-6-3-4-9(8(14)5-6)17-13(21)11-10(15)12(16)19(18-11)7(2)20/h3-5H,1-2H3,(H,17,21). The number of aryl methyl sites for hydroxylation is 1. The Labute approximate surface area is 135 Å². The van der Waals surface area contributed by atoms with E-state index in [-0.39, 0.29) is 15.9 Å². The van der Waals surface area contributed by atoms with Crippen LogP contribution in [0, 0.1) is 6.92 Å². The van der Waals surface area contributed by atoms with Gasteiger partial charge in [-0.15, -0.1) is 0 Å². The summed E-state index contributed by atoms with van der Waals surface area (Å²) < 4.78 is 0.857. The number of amides is 1. The maximum atomic E-state index is 12.2. The van der Waals surface area contributed by atoms with Gasteiger partial charge in [0, 0.05) is 6.92 Å². The molecule has 1 aromatic heterocycles. The lowest BCUT2D eigenvalue weighted by molar-refractivity contribution is 0.0920. The fourth-order valence-electron chi connectivity index (χ4n) is 1.64. The maximum Gasteiger partial charge on any atom is 0.277 e. The van der Waals surface area contributed by atoms with Gasteiger partial charge in [0.2, 0.25) is 5.91 Å². The van der Waals surface area contributed by atoms with E-state index in [0.717, 1.165) is 10.2 Å². The van der Waals surface area contributed by atoms with E-state index in [1.54, 1.807) is 18.2 Å². The van der Waals surface area contributed by atoms with Gasteiger partial charge in [-0.2, -0.15) is 9.78 Å². The predicted molar refractivity (Wildman–Crippen MR) is 82.7 cm³/mol. The molecule has 0 aliphatic rings. The van der Waals surface area contributed by atoms with Crippen LogP contribution in [0.5, 0.6) is 0 Å². The summed E-state index contributed by atoms with van der Waals surface area (Å²) in [4.78, 5) is 23.5. The number of rotatable bonds is 2. The van der Waals surface area contributed by atoms with E-state index in [9.17, 15) is 9.59 Å². The zero-order chi connectivity index (χ0) is 15.7. The molecule has 0 aliphatic carbocycles. The molecule has 5 nitrogen and oxygen atoms in total. The number of carbonyl (C=O) groups is 2. The zero-order valence-corrected chi connectivity index (χ0v) is 13.3. The molecule has 0 saturated carbocycles. The minimum Gasteiger partial charge on any atom is -0.319 e. The molecular formula is C13H10Cl3N3O2. The van der Waals surface area contributed by atoms with Crippen molar-refractivity contribution in [3.63, 3.8) is 0 Å². The Hall–Kier alpha value is -1.56. The summed E-state index contributed by atoms with van der Waals surface area (Å²) in [6.45, 7) is 3.14. The van der Waals surface area contributed by atoms with Crippen LogP contribution in [0.2, 0.25) is 15.2 Å². The summed E-state index contributed by atoms with van der Waals surface area (Å²) >= 11 is 17.8. The predicted octanol–water partition coefficient (Wildman–Crippen LogP) is 4.06. The highest BCUT2D eigenvalue weighted by molar-refractivity contribution is 6.44. The summed E-state index contributed by atoms with van der Waals surface area (Å²) in [7, 11) is 0. The van der Waals surface area contributed by atoms with E-state index >= 15 is 0 Å². The van der Waals surface area contributed by atoms with Gasteiger partial charge in [0.1, 0.15) is 5.02 Å². The van der Waals surface area contributed by atoms with Gasteiger partial charge < -0.3 is 5.32 Å². The first-order chi connectivity index (χ1) is 9.81. The van der Waals surface area contributed by atoms with E-state index < -0.39 is 11.8 Å². The van der Waals surface area contributed by atoms with Crippen molar-refractivity contribution in [3.8, 4) is 0 Å². The van der Waals surface area contributed by atoms with Crippen molar-refractivity contribution in [1.29, 1.82) is 0 Å². The summed E-state index contributed by atoms with van der Waals surface area (Å²) in [5.74, 6) is -1.05. The number of halogens is 3. The third-order valence-corrected chi connectivity index (χ3v) is 3.78. The monoisotopic (exact) mass is 345 g/mol. The molecule has 0 saturated heterocycles. The van der Waals surface area contributed by atoms with Crippen LogP contribution < -0.4 is 5.32 Å². The van der Waals surface area contributed by atoms with Crippen molar-refractivity contribution < 1.29 is 9.59 Å². The fraction of sp³-hybridized carbons (Fsp3) is 0.154. The average molecular weight is 347 g/mol. The minimum atomic E-state index is -0.604. The van der Waals surface area contributed by atoms with Crippen LogP contribution >= 0.6 is 34.8 Å². The molecule has 1 N–H and O–H groups in total. The first-order valence-corrected chi connectivity index (χ1v) is 6.97. The number of carbonyl (C=O) groups excluding carboxylic acids is 2. The van der Waals surface area contributed by atoms with Crippen LogP contribution in [0.1, 0.15) is 27.8 Å². The van der Waals surface area contributed by atoms with E-state index in [0.29, 0.717) is 10.7 Å². The van der Waals surface area contributed by atoms with Crippen LogP contribution in [-0.4, -0.2) is 21.6 Å². The number of nitrogens with zero attached hydrogens (tertiary/aromatic N) is 2. The Kier molecular flexibility index (Phi) is 4.56. The highest BCUT2D eigenvalue weighted by Crippen LogP contribution is 2.28. The SMILES string of the molecule is CC(=O)n1nc(C(=O)Nc2ccc(C)cc2Cl)c(Cl)c1Cl. The normalized spacial score (nSPS) is 10.5. The van der Waals surface area contributed by atoms with Crippen LogP contribution in [0.25, 0.3) is 0 Å². The van der Waals surface area contributed by atoms with Crippen molar-refractivity contribution in [1.82, 2.24) is 9.78 Å². The van der Waals surface area contributed by atoms with Crippen molar-refractivity contribution in [3.05, 3.63) is 44.7 Å². The average Bonchev–Trinajstić information content (AvgIpc) is 2.70. The molecule has 2 rings (SSSR count). The maximum absolute atomic E-state index is 12.2. The number of nitrogens with one attached hydrogen (secondary N) is 1. The van der Waals surface area contributed by atoms with Gasteiger partial charge in [-0.05, 0) is 24.6 Å². The molecule has 0 aliphatic heterocycles. The molecule has 1 heterocycles. The summed E-state index contributed by atoms with van der Waals surface area (Å²) in [5, 5.41) is 6.56. The summed E-state index contributed by atoms with van der Waals surface area (Å²) in [6, 6.07) is 5.16. The van der Waals surface area contributed by atoms with Crippen molar-refractivity contribution >= 4 is 52.3 Å². The molecule has 1 amide bonds. The first-order valence-electron chi connectivity index (χ1n) is 5.83. The second-order valence-corrected chi connectivity index (χ2v) is 5.46. The molecule has 0 bridgehead atoms. The van der Waals surface area contributed by atoms with Gasteiger partial charge in [-0.25, -0.2) is 0 Å². The number of hydrogen-bond donors (Lipinski definition) is 1. The molecular weight excluding hydrogens is 337 g/mol.